The van der Waals surface area contributed by atoms with Crippen LogP contribution < -0.4 is 15.4 Å². The van der Waals surface area contributed by atoms with Gasteiger partial charge < -0.3 is 15.4 Å². The van der Waals surface area contributed by atoms with Crippen LogP contribution in [0.4, 0.5) is 0 Å². The topological polar surface area (TPSA) is 50.4 Å². The van der Waals surface area contributed by atoms with Crippen molar-refractivity contribution in [1.29, 1.82) is 0 Å². The molecule has 2 atom stereocenters. The molecule has 0 aliphatic carbocycles. The van der Waals surface area contributed by atoms with Crippen molar-refractivity contribution in [3.63, 3.8) is 0 Å². The number of rotatable bonds is 4. The number of benzene rings is 1. The Hall–Kier alpha value is -1.26. The summed E-state index contributed by atoms with van der Waals surface area (Å²) in [7, 11) is 0. The Morgan fingerprint density at radius 3 is 2.70 bits per heavy atom. The number of carbonyl (C=O) groups excluding carboxylic acids is 1. The van der Waals surface area contributed by atoms with E-state index in [-0.39, 0.29) is 24.4 Å². The smallest absolute Gasteiger partial charge is 0.251 e. The molecule has 0 aromatic heterocycles. The van der Waals surface area contributed by atoms with Gasteiger partial charge in [-0.3, -0.25) is 4.79 Å². The van der Waals surface area contributed by atoms with Crippen LogP contribution in [0, 0.1) is 5.92 Å². The van der Waals surface area contributed by atoms with Crippen LogP contribution in [0.25, 0.3) is 0 Å². The lowest BCUT2D eigenvalue weighted by Crippen LogP contribution is -2.48. The lowest BCUT2D eigenvalue weighted by Gasteiger charge is -2.30. The molecule has 20 heavy (non-hydrogen) atoms. The first-order valence-electron chi connectivity index (χ1n) is 6.95. The van der Waals surface area contributed by atoms with Crippen LogP contribution >= 0.6 is 12.4 Å². The summed E-state index contributed by atoms with van der Waals surface area (Å²) in [4.78, 5) is 12.2. The van der Waals surface area contributed by atoms with Crippen LogP contribution in [0.5, 0.6) is 5.75 Å². The van der Waals surface area contributed by atoms with Crippen molar-refractivity contribution in [2.24, 2.45) is 5.92 Å². The molecule has 1 fully saturated rings. The van der Waals surface area contributed by atoms with Crippen LogP contribution in [0.3, 0.4) is 0 Å². The average molecular weight is 299 g/mol. The third-order valence-corrected chi connectivity index (χ3v) is 3.53. The maximum Gasteiger partial charge on any atom is 0.251 e. The predicted octanol–water partition coefficient (Wildman–Crippen LogP) is 2.23. The van der Waals surface area contributed by atoms with Crippen molar-refractivity contribution in [3.8, 4) is 5.75 Å². The molecule has 5 heteroatoms. The number of hydrogen-bond acceptors (Lipinski definition) is 3. The fourth-order valence-electron chi connectivity index (χ4n) is 2.35. The minimum Gasteiger partial charge on any atom is -0.494 e. The maximum absolute atomic E-state index is 12.2. The molecule has 1 saturated heterocycles. The summed E-state index contributed by atoms with van der Waals surface area (Å²) in [5.41, 5.74) is 0.689. The van der Waals surface area contributed by atoms with E-state index in [0.717, 1.165) is 25.3 Å². The summed E-state index contributed by atoms with van der Waals surface area (Å²) in [6.45, 7) is 6.68. The number of ether oxygens (including phenoxy) is 1. The highest BCUT2D eigenvalue weighted by Gasteiger charge is 2.22. The number of piperidine rings is 1. The van der Waals surface area contributed by atoms with Gasteiger partial charge in [0.2, 0.25) is 0 Å². The molecule has 2 unspecified atom stereocenters. The zero-order valence-electron chi connectivity index (χ0n) is 12.0. The number of nitrogens with one attached hydrogen (secondary N) is 2. The maximum atomic E-state index is 12.2. The van der Waals surface area contributed by atoms with Crippen LogP contribution in [-0.4, -0.2) is 31.6 Å². The highest BCUT2D eigenvalue weighted by Crippen LogP contribution is 2.14. The van der Waals surface area contributed by atoms with E-state index in [0.29, 0.717) is 18.1 Å². The Kier molecular flexibility index (Phi) is 6.82. The standard InChI is InChI=1S/C15H22N2O2.ClH/c1-3-19-13-6-4-12(5-7-13)15(18)17-14-8-9-16-10-11(14)2;/h4-7,11,14,16H,3,8-10H2,1-2H3,(H,17,18);1H. The van der Waals surface area contributed by atoms with Crippen LogP contribution in [0.2, 0.25) is 0 Å². The fraction of sp³-hybridized carbons (Fsp3) is 0.533. The van der Waals surface area contributed by atoms with E-state index >= 15 is 0 Å². The minimum atomic E-state index is 0. The highest BCUT2D eigenvalue weighted by molar-refractivity contribution is 5.94. The molecule has 0 spiro atoms. The van der Waals surface area contributed by atoms with E-state index < -0.39 is 0 Å². The molecule has 112 valence electrons. The van der Waals surface area contributed by atoms with Crippen molar-refractivity contribution < 1.29 is 9.53 Å². The lowest BCUT2D eigenvalue weighted by atomic mass is 9.95. The number of halogens is 1. The molecule has 1 aromatic carbocycles. The molecule has 0 radical (unpaired) electrons. The third-order valence-electron chi connectivity index (χ3n) is 3.53. The van der Waals surface area contributed by atoms with E-state index in [1.807, 2.05) is 31.2 Å². The number of hydrogen-bond donors (Lipinski definition) is 2. The molecule has 4 nitrogen and oxygen atoms in total. The van der Waals surface area contributed by atoms with Crippen LogP contribution in [0.1, 0.15) is 30.6 Å². The molecule has 1 aliphatic rings. The predicted molar refractivity (Wildman–Crippen MR) is 82.8 cm³/mol. The lowest BCUT2D eigenvalue weighted by molar-refractivity contribution is 0.0914. The summed E-state index contributed by atoms with van der Waals surface area (Å²) in [5.74, 6) is 1.27. The molecule has 2 N–H and O–H groups in total. The second-order valence-corrected chi connectivity index (χ2v) is 5.01. The molecule has 1 aliphatic heterocycles. The van der Waals surface area contributed by atoms with Crippen LogP contribution in [-0.2, 0) is 0 Å². The van der Waals surface area contributed by atoms with Gasteiger partial charge in [0.15, 0.2) is 0 Å². The van der Waals surface area contributed by atoms with Gasteiger partial charge in [0.1, 0.15) is 5.75 Å². The quantitative estimate of drug-likeness (QED) is 0.896. The van der Waals surface area contributed by atoms with Gasteiger partial charge in [0, 0.05) is 11.6 Å². The molecular formula is C15H23ClN2O2. The van der Waals surface area contributed by atoms with E-state index in [2.05, 4.69) is 17.6 Å². The van der Waals surface area contributed by atoms with Gasteiger partial charge in [-0.1, -0.05) is 6.92 Å². The summed E-state index contributed by atoms with van der Waals surface area (Å²) < 4.78 is 5.37. The van der Waals surface area contributed by atoms with Gasteiger partial charge in [0.25, 0.3) is 5.91 Å². The number of carbonyl (C=O) groups is 1. The Bertz CT molecular complexity index is 422. The Labute approximate surface area is 126 Å². The number of amides is 1. The van der Waals surface area contributed by atoms with Gasteiger partial charge in [-0.05, 0) is 56.6 Å². The zero-order valence-corrected chi connectivity index (χ0v) is 12.8. The zero-order chi connectivity index (χ0) is 13.7. The molecule has 1 heterocycles. The Morgan fingerprint density at radius 1 is 1.40 bits per heavy atom. The molecule has 1 aromatic rings. The van der Waals surface area contributed by atoms with Gasteiger partial charge in [-0.15, -0.1) is 12.4 Å². The van der Waals surface area contributed by atoms with Gasteiger partial charge >= 0.3 is 0 Å². The first kappa shape index (κ1) is 16.8. The van der Waals surface area contributed by atoms with Crippen molar-refractivity contribution in [3.05, 3.63) is 29.8 Å². The second-order valence-electron chi connectivity index (χ2n) is 5.01. The van der Waals surface area contributed by atoms with E-state index in [4.69, 9.17) is 4.74 Å². The van der Waals surface area contributed by atoms with Crippen LogP contribution in [0.15, 0.2) is 24.3 Å². The fourth-order valence-corrected chi connectivity index (χ4v) is 2.35. The van der Waals surface area contributed by atoms with E-state index in [9.17, 15) is 4.79 Å². The third kappa shape index (κ3) is 4.39. The summed E-state index contributed by atoms with van der Waals surface area (Å²) in [5, 5.41) is 6.45. The molecule has 2 rings (SSSR count). The van der Waals surface area contributed by atoms with Crippen molar-refractivity contribution in [2.45, 2.75) is 26.3 Å². The second kappa shape index (κ2) is 8.12. The van der Waals surface area contributed by atoms with Crippen molar-refractivity contribution in [1.82, 2.24) is 10.6 Å². The average Bonchev–Trinajstić information content (AvgIpc) is 2.42. The highest BCUT2D eigenvalue weighted by atomic mass is 35.5. The van der Waals surface area contributed by atoms with Crippen molar-refractivity contribution in [2.75, 3.05) is 19.7 Å². The normalized spacial score (nSPS) is 21.7. The van der Waals surface area contributed by atoms with E-state index in [1.54, 1.807) is 0 Å². The monoisotopic (exact) mass is 298 g/mol. The summed E-state index contributed by atoms with van der Waals surface area (Å²) >= 11 is 0. The first-order valence-corrected chi connectivity index (χ1v) is 6.95. The van der Waals surface area contributed by atoms with Gasteiger partial charge in [-0.25, -0.2) is 0 Å². The molecule has 0 saturated carbocycles. The van der Waals surface area contributed by atoms with Gasteiger partial charge in [-0.2, -0.15) is 0 Å². The largest absolute Gasteiger partial charge is 0.494 e. The summed E-state index contributed by atoms with van der Waals surface area (Å²) in [6, 6.07) is 7.56. The Morgan fingerprint density at radius 2 is 2.10 bits per heavy atom. The first-order chi connectivity index (χ1) is 9.20. The molecule has 1 amide bonds. The minimum absolute atomic E-state index is 0. The van der Waals surface area contributed by atoms with Crippen molar-refractivity contribution >= 4 is 18.3 Å². The molecular weight excluding hydrogens is 276 g/mol. The SMILES string of the molecule is CCOc1ccc(C(=O)NC2CCNCC2C)cc1.Cl. The van der Waals surface area contributed by atoms with E-state index in [1.165, 1.54) is 0 Å². The summed E-state index contributed by atoms with van der Waals surface area (Å²) in [6.07, 6.45) is 0.990. The Balaban J connectivity index is 0.00000200. The molecule has 0 bridgehead atoms. The van der Waals surface area contributed by atoms with Gasteiger partial charge in [0.05, 0.1) is 6.61 Å².